The maximum atomic E-state index is 12.9. The van der Waals surface area contributed by atoms with Crippen LogP contribution in [0.1, 0.15) is 53.6 Å². The number of carbonyl (C=O) groups excluding carboxylic acids is 1. The first-order valence-electron chi connectivity index (χ1n) is 8.56. The number of rotatable bonds is 3. The third kappa shape index (κ3) is 2.57. The first kappa shape index (κ1) is 16.7. The third-order valence-electron chi connectivity index (χ3n) is 5.33. The molecule has 0 radical (unpaired) electrons. The largest absolute Gasteiger partial charge is 0.501 e. The Kier molecular flexibility index (Phi) is 3.80. The molecule has 1 aromatic carbocycles. The molecule has 3 aliphatic rings. The molecule has 136 valence electrons. The second kappa shape index (κ2) is 5.91. The predicted molar refractivity (Wildman–Crippen MR) is 91.1 cm³/mol. The number of halogens is 1. The molecule has 1 aromatic heterocycles. The van der Waals surface area contributed by atoms with E-state index in [9.17, 15) is 19.1 Å². The molecule has 2 aromatic rings. The molecule has 1 amide bonds. The lowest BCUT2D eigenvalue weighted by molar-refractivity contribution is 0.0936. The van der Waals surface area contributed by atoms with E-state index in [0.717, 1.165) is 12.8 Å². The number of hydrogen-bond acceptors (Lipinski definition) is 5. The standard InChI is InChI=1S/C18H19FN4O3/c19-11-3-1-10(2-4-11)9-21-15(25)13-14(24)16(26)23-12-5-7-18(20,8-6-12)17(23)22-13/h1-4,12,24H,5-9,20H2,(H,21,25). The average Bonchev–Trinajstić information content (AvgIpc) is 2.64. The first-order chi connectivity index (χ1) is 12.4. The summed E-state index contributed by atoms with van der Waals surface area (Å²) in [6.07, 6.45) is 2.93. The number of nitrogens with zero attached hydrogens (tertiary/aromatic N) is 2. The van der Waals surface area contributed by atoms with Gasteiger partial charge in [0.25, 0.3) is 11.5 Å². The van der Waals surface area contributed by atoms with Crippen LogP contribution >= 0.6 is 0 Å². The number of carbonyl (C=O) groups is 1. The smallest absolute Gasteiger partial charge is 0.296 e. The fourth-order valence-electron chi connectivity index (χ4n) is 3.84. The predicted octanol–water partition coefficient (Wildman–Crippen LogP) is 1.30. The van der Waals surface area contributed by atoms with E-state index in [0.29, 0.717) is 24.2 Å². The molecule has 0 unspecified atom stereocenters. The molecule has 5 rings (SSSR count). The fraction of sp³-hybridized carbons (Fsp3) is 0.389. The van der Waals surface area contributed by atoms with Crippen molar-refractivity contribution in [3.63, 3.8) is 0 Å². The Balaban J connectivity index is 1.65. The van der Waals surface area contributed by atoms with Gasteiger partial charge in [-0.2, -0.15) is 0 Å². The number of benzene rings is 1. The summed E-state index contributed by atoms with van der Waals surface area (Å²) in [7, 11) is 0. The molecule has 7 nitrogen and oxygen atoms in total. The van der Waals surface area contributed by atoms with E-state index < -0.39 is 22.8 Å². The number of nitrogens with one attached hydrogen (secondary N) is 1. The van der Waals surface area contributed by atoms with Crippen LogP contribution in [-0.2, 0) is 12.1 Å². The minimum Gasteiger partial charge on any atom is -0.501 e. The zero-order valence-corrected chi connectivity index (χ0v) is 14.0. The monoisotopic (exact) mass is 358 g/mol. The van der Waals surface area contributed by atoms with Crippen molar-refractivity contribution < 1.29 is 14.3 Å². The molecule has 8 heteroatoms. The van der Waals surface area contributed by atoms with Crippen molar-refractivity contribution in [3.05, 3.63) is 57.5 Å². The van der Waals surface area contributed by atoms with E-state index in [1.54, 1.807) is 12.1 Å². The van der Waals surface area contributed by atoms with Crippen LogP contribution in [0.15, 0.2) is 29.1 Å². The van der Waals surface area contributed by atoms with Gasteiger partial charge >= 0.3 is 0 Å². The van der Waals surface area contributed by atoms with Crippen LogP contribution in [0.5, 0.6) is 5.75 Å². The number of fused-ring (bicyclic) bond motifs is 2. The van der Waals surface area contributed by atoms with Crippen molar-refractivity contribution in [3.8, 4) is 5.75 Å². The minimum absolute atomic E-state index is 0.0300. The summed E-state index contributed by atoms with van der Waals surface area (Å²) >= 11 is 0. The molecular formula is C18H19FN4O3. The summed E-state index contributed by atoms with van der Waals surface area (Å²) in [4.78, 5) is 29.3. The molecule has 0 atom stereocenters. The minimum atomic E-state index is -0.742. The van der Waals surface area contributed by atoms with Gasteiger partial charge in [-0.05, 0) is 43.4 Å². The maximum Gasteiger partial charge on any atom is 0.296 e. The number of aromatic nitrogens is 2. The molecular weight excluding hydrogens is 339 g/mol. The number of amides is 1. The molecule has 26 heavy (non-hydrogen) atoms. The molecule has 4 N–H and O–H groups in total. The van der Waals surface area contributed by atoms with Crippen molar-refractivity contribution in [2.24, 2.45) is 5.73 Å². The summed E-state index contributed by atoms with van der Waals surface area (Å²) in [6, 6.07) is 5.63. The van der Waals surface area contributed by atoms with E-state index in [1.165, 1.54) is 16.7 Å². The van der Waals surface area contributed by atoms with Gasteiger partial charge in [0.05, 0.1) is 5.54 Å². The Hall–Kier alpha value is -2.74. The lowest BCUT2D eigenvalue weighted by Gasteiger charge is -2.45. The van der Waals surface area contributed by atoms with Gasteiger partial charge in [-0.3, -0.25) is 14.2 Å². The second-order valence-electron chi connectivity index (χ2n) is 7.00. The van der Waals surface area contributed by atoms with Gasteiger partial charge in [0, 0.05) is 12.6 Å². The first-order valence-corrected chi connectivity index (χ1v) is 8.56. The molecule has 2 aliphatic heterocycles. The van der Waals surface area contributed by atoms with Gasteiger partial charge in [0.2, 0.25) is 5.75 Å². The highest BCUT2D eigenvalue weighted by Crippen LogP contribution is 2.44. The van der Waals surface area contributed by atoms with Crippen molar-refractivity contribution in [1.29, 1.82) is 0 Å². The van der Waals surface area contributed by atoms with Crippen molar-refractivity contribution in [1.82, 2.24) is 14.9 Å². The lowest BCUT2D eigenvalue weighted by Crippen LogP contribution is -2.53. The summed E-state index contributed by atoms with van der Waals surface area (Å²) < 4.78 is 14.4. The summed E-state index contributed by atoms with van der Waals surface area (Å²) in [5, 5.41) is 12.8. The third-order valence-corrected chi connectivity index (χ3v) is 5.33. The van der Waals surface area contributed by atoms with Gasteiger partial charge in [-0.25, -0.2) is 9.37 Å². The number of nitrogens with two attached hydrogens (primary N) is 1. The Morgan fingerprint density at radius 3 is 2.65 bits per heavy atom. The maximum absolute atomic E-state index is 12.9. The molecule has 1 saturated carbocycles. The summed E-state index contributed by atoms with van der Waals surface area (Å²) in [5.41, 5.74) is 5.40. The number of aromatic hydroxyl groups is 1. The molecule has 3 heterocycles. The molecule has 0 spiro atoms. The summed E-state index contributed by atoms with van der Waals surface area (Å²) in [6.45, 7) is 0.120. The summed E-state index contributed by atoms with van der Waals surface area (Å²) in [5.74, 6) is -1.33. The quantitative estimate of drug-likeness (QED) is 0.766. The SMILES string of the molecule is NC12CCC(CC1)n1c2nc(C(=O)NCc2ccc(F)cc2)c(O)c1=O. The Bertz CT molecular complexity index is 931. The zero-order chi connectivity index (χ0) is 18.5. The van der Waals surface area contributed by atoms with Gasteiger partial charge in [-0.1, -0.05) is 12.1 Å². The van der Waals surface area contributed by atoms with E-state index in [1.807, 2.05) is 0 Å². The normalized spacial score (nSPS) is 23.5. The Morgan fingerprint density at radius 1 is 1.35 bits per heavy atom. The van der Waals surface area contributed by atoms with Gasteiger partial charge < -0.3 is 16.2 Å². The molecule has 2 bridgehead atoms. The highest BCUT2D eigenvalue weighted by atomic mass is 19.1. The van der Waals surface area contributed by atoms with Gasteiger partial charge in [-0.15, -0.1) is 0 Å². The molecule has 0 saturated heterocycles. The Morgan fingerprint density at radius 2 is 2.00 bits per heavy atom. The lowest BCUT2D eigenvalue weighted by atomic mass is 9.75. The second-order valence-corrected chi connectivity index (χ2v) is 7.00. The van der Waals surface area contributed by atoms with Crippen LogP contribution in [0, 0.1) is 5.82 Å². The van der Waals surface area contributed by atoms with Crippen LogP contribution in [0.3, 0.4) is 0 Å². The number of hydrogen-bond donors (Lipinski definition) is 3. The van der Waals surface area contributed by atoms with E-state index in [4.69, 9.17) is 5.73 Å². The van der Waals surface area contributed by atoms with Gasteiger partial charge in [0.1, 0.15) is 11.6 Å². The Labute approximate surface area is 148 Å². The van der Waals surface area contributed by atoms with Crippen LogP contribution in [0.4, 0.5) is 4.39 Å². The van der Waals surface area contributed by atoms with Crippen LogP contribution in [0.25, 0.3) is 0 Å². The topological polar surface area (TPSA) is 110 Å². The van der Waals surface area contributed by atoms with Crippen LogP contribution < -0.4 is 16.6 Å². The van der Waals surface area contributed by atoms with E-state index in [-0.39, 0.29) is 24.1 Å². The van der Waals surface area contributed by atoms with Crippen molar-refractivity contribution >= 4 is 5.91 Å². The van der Waals surface area contributed by atoms with E-state index >= 15 is 0 Å². The van der Waals surface area contributed by atoms with Crippen LogP contribution in [0.2, 0.25) is 0 Å². The van der Waals surface area contributed by atoms with Crippen molar-refractivity contribution in [2.45, 2.75) is 43.8 Å². The van der Waals surface area contributed by atoms with Crippen LogP contribution in [-0.4, -0.2) is 20.6 Å². The molecule has 1 fully saturated rings. The highest BCUT2D eigenvalue weighted by Gasteiger charge is 2.45. The average molecular weight is 358 g/mol. The highest BCUT2D eigenvalue weighted by molar-refractivity contribution is 5.94. The van der Waals surface area contributed by atoms with Gasteiger partial charge in [0.15, 0.2) is 5.69 Å². The van der Waals surface area contributed by atoms with Crippen molar-refractivity contribution in [2.75, 3.05) is 0 Å². The van der Waals surface area contributed by atoms with E-state index in [2.05, 4.69) is 10.3 Å². The zero-order valence-electron chi connectivity index (χ0n) is 14.0. The molecule has 1 aliphatic carbocycles. The fourth-order valence-corrected chi connectivity index (χ4v) is 3.84.